The van der Waals surface area contributed by atoms with E-state index in [0.717, 1.165) is 38.1 Å². The summed E-state index contributed by atoms with van der Waals surface area (Å²) < 4.78 is 5.33. The number of hydrogen-bond acceptors (Lipinski definition) is 2. The van der Waals surface area contributed by atoms with E-state index in [9.17, 15) is 0 Å². The van der Waals surface area contributed by atoms with Crippen molar-refractivity contribution in [2.24, 2.45) is 11.8 Å². The van der Waals surface area contributed by atoms with Gasteiger partial charge in [0.1, 0.15) is 0 Å². The van der Waals surface area contributed by atoms with E-state index in [-0.39, 0.29) is 0 Å². The molecule has 1 rings (SSSR count). The highest BCUT2D eigenvalue weighted by molar-refractivity contribution is 4.71. The summed E-state index contributed by atoms with van der Waals surface area (Å²) in [7, 11) is 0. The second kappa shape index (κ2) is 4.73. The van der Waals surface area contributed by atoms with Crippen molar-refractivity contribution in [1.29, 1.82) is 0 Å². The van der Waals surface area contributed by atoms with Gasteiger partial charge >= 0.3 is 0 Å². The maximum atomic E-state index is 5.33. The second-order valence-electron chi connectivity index (χ2n) is 3.41. The molecule has 11 heavy (non-hydrogen) atoms. The summed E-state index contributed by atoms with van der Waals surface area (Å²) in [6.45, 7) is 8.63. The van der Waals surface area contributed by atoms with Gasteiger partial charge in [-0.25, -0.2) is 0 Å². The molecule has 0 radical (unpaired) electrons. The Labute approximate surface area is 69.3 Å². The van der Waals surface area contributed by atoms with Gasteiger partial charge in [0.05, 0.1) is 0 Å². The molecule has 0 aromatic rings. The minimum Gasteiger partial charge on any atom is -0.381 e. The van der Waals surface area contributed by atoms with Crippen molar-refractivity contribution in [3.63, 3.8) is 0 Å². The Kier molecular flexibility index (Phi) is 3.87. The van der Waals surface area contributed by atoms with Crippen molar-refractivity contribution in [1.82, 2.24) is 5.32 Å². The van der Waals surface area contributed by atoms with Gasteiger partial charge < -0.3 is 10.1 Å². The lowest BCUT2D eigenvalue weighted by atomic mass is 9.93. The zero-order chi connectivity index (χ0) is 8.10. The Morgan fingerprint density at radius 3 is 3.00 bits per heavy atom. The van der Waals surface area contributed by atoms with Crippen LogP contribution in [0.1, 0.15) is 20.3 Å². The zero-order valence-electron chi connectivity index (χ0n) is 7.60. The fraction of sp³-hybridized carbons (Fsp3) is 1.00. The third-order valence-electron chi connectivity index (χ3n) is 2.49. The van der Waals surface area contributed by atoms with Crippen LogP contribution in [0.4, 0.5) is 0 Å². The van der Waals surface area contributed by atoms with Crippen molar-refractivity contribution in [2.75, 3.05) is 26.3 Å². The number of nitrogens with one attached hydrogen (secondary N) is 1. The molecule has 0 bridgehead atoms. The van der Waals surface area contributed by atoms with Gasteiger partial charge in [0.25, 0.3) is 0 Å². The quantitative estimate of drug-likeness (QED) is 0.663. The van der Waals surface area contributed by atoms with Gasteiger partial charge in [0.15, 0.2) is 0 Å². The molecule has 1 heterocycles. The molecular weight excluding hydrogens is 138 g/mol. The first-order chi connectivity index (χ1) is 5.34. The molecule has 0 aromatic carbocycles. The van der Waals surface area contributed by atoms with E-state index in [1.165, 1.54) is 6.42 Å². The van der Waals surface area contributed by atoms with Gasteiger partial charge in [-0.3, -0.25) is 0 Å². The Morgan fingerprint density at radius 2 is 2.45 bits per heavy atom. The average Bonchev–Trinajstić information content (AvgIpc) is 2.52. The average molecular weight is 157 g/mol. The van der Waals surface area contributed by atoms with E-state index in [0.29, 0.717) is 0 Å². The lowest BCUT2D eigenvalue weighted by molar-refractivity contribution is 0.174. The van der Waals surface area contributed by atoms with Gasteiger partial charge in [0.2, 0.25) is 0 Å². The van der Waals surface area contributed by atoms with Crippen molar-refractivity contribution in [3.8, 4) is 0 Å². The van der Waals surface area contributed by atoms with Crippen molar-refractivity contribution < 1.29 is 4.74 Å². The first kappa shape index (κ1) is 9.01. The number of rotatable bonds is 4. The van der Waals surface area contributed by atoms with E-state index >= 15 is 0 Å². The second-order valence-corrected chi connectivity index (χ2v) is 3.41. The Bertz CT molecular complexity index is 99.7. The van der Waals surface area contributed by atoms with Crippen LogP contribution in [-0.4, -0.2) is 26.3 Å². The van der Waals surface area contributed by atoms with Gasteiger partial charge in [-0.2, -0.15) is 0 Å². The highest BCUT2D eigenvalue weighted by Gasteiger charge is 2.21. The molecular formula is C9H19NO. The number of hydrogen-bond donors (Lipinski definition) is 1. The molecule has 0 aromatic heterocycles. The fourth-order valence-electron chi connectivity index (χ4n) is 1.54. The van der Waals surface area contributed by atoms with Crippen LogP contribution in [0.3, 0.4) is 0 Å². The monoisotopic (exact) mass is 157 g/mol. The molecule has 2 nitrogen and oxygen atoms in total. The first-order valence-corrected chi connectivity index (χ1v) is 4.63. The molecule has 2 unspecified atom stereocenters. The van der Waals surface area contributed by atoms with E-state index in [4.69, 9.17) is 4.74 Å². The normalized spacial score (nSPS) is 27.3. The smallest absolute Gasteiger partial charge is 0.0498 e. The van der Waals surface area contributed by atoms with Gasteiger partial charge in [-0.05, 0) is 31.3 Å². The lowest BCUT2D eigenvalue weighted by Crippen LogP contribution is -2.26. The van der Waals surface area contributed by atoms with E-state index in [2.05, 4.69) is 19.2 Å². The van der Waals surface area contributed by atoms with Crippen molar-refractivity contribution in [2.45, 2.75) is 20.3 Å². The van der Waals surface area contributed by atoms with Gasteiger partial charge in [-0.15, -0.1) is 0 Å². The Balaban J connectivity index is 2.12. The third-order valence-corrected chi connectivity index (χ3v) is 2.49. The van der Waals surface area contributed by atoms with Crippen molar-refractivity contribution >= 4 is 0 Å². The minimum absolute atomic E-state index is 0.775. The Morgan fingerprint density at radius 1 is 1.64 bits per heavy atom. The summed E-state index contributed by atoms with van der Waals surface area (Å²) in [5.74, 6) is 1.58. The van der Waals surface area contributed by atoms with Crippen LogP contribution in [0.25, 0.3) is 0 Å². The van der Waals surface area contributed by atoms with Crippen LogP contribution < -0.4 is 5.32 Å². The van der Waals surface area contributed by atoms with Crippen LogP contribution in [0.5, 0.6) is 0 Å². The third kappa shape index (κ3) is 2.80. The molecule has 0 saturated carbocycles. The first-order valence-electron chi connectivity index (χ1n) is 4.63. The van der Waals surface area contributed by atoms with Crippen LogP contribution in [0.15, 0.2) is 0 Å². The maximum Gasteiger partial charge on any atom is 0.0498 e. The molecule has 1 aliphatic heterocycles. The van der Waals surface area contributed by atoms with Gasteiger partial charge in [0, 0.05) is 13.2 Å². The molecule has 1 aliphatic rings. The lowest BCUT2D eigenvalue weighted by Gasteiger charge is -2.17. The van der Waals surface area contributed by atoms with Crippen LogP contribution in [0.2, 0.25) is 0 Å². The molecule has 1 N–H and O–H groups in total. The highest BCUT2D eigenvalue weighted by atomic mass is 16.5. The summed E-state index contributed by atoms with van der Waals surface area (Å²) in [5, 5.41) is 3.37. The molecule has 66 valence electrons. The predicted octanol–water partition coefficient (Wildman–Crippen LogP) is 1.27. The van der Waals surface area contributed by atoms with Crippen LogP contribution in [0, 0.1) is 11.8 Å². The topological polar surface area (TPSA) is 21.3 Å². The minimum atomic E-state index is 0.775. The van der Waals surface area contributed by atoms with Gasteiger partial charge in [-0.1, -0.05) is 13.8 Å². The summed E-state index contributed by atoms with van der Waals surface area (Å²) >= 11 is 0. The Hall–Kier alpha value is -0.0800. The van der Waals surface area contributed by atoms with Crippen LogP contribution >= 0.6 is 0 Å². The molecule has 0 spiro atoms. The summed E-state index contributed by atoms with van der Waals surface area (Å²) in [6, 6.07) is 0. The molecule has 1 fully saturated rings. The van der Waals surface area contributed by atoms with Crippen molar-refractivity contribution in [3.05, 3.63) is 0 Å². The summed E-state index contributed by atoms with van der Waals surface area (Å²) in [5.41, 5.74) is 0. The zero-order valence-corrected chi connectivity index (χ0v) is 7.60. The largest absolute Gasteiger partial charge is 0.381 e. The summed E-state index contributed by atoms with van der Waals surface area (Å²) in [6.07, 6.45) is 1.26. The SMILES string of the molecule is CCNCC(C)C1CCOC1. The fourth-order valence-corrected chi connectivity index (χ4v) is 1.54. The molecule has 1 saturated heterocycles. The number of ether oxygens (including phenoxy) is 1. The van der Waals surface area contributed by atoms with E-state index < -0.39 is 0 Å². The van der Waals surface area contributed by atoms with Crippen LogP contribution in [-0.2, 0) is 4.74 Å². The molecule has 0 aliphatic carbocycles. The predicted molar refractivity (Wildman–Crippen MR) is 46.6 cm³/mol. The summed E-state index contributed by atoms with van der Waals surface area (Å²) in [4.78, 5) is 0. The molecule has 2 heteroatoms. The maximum absolute atomic E-state index is 5.33. The molecule has 2 atom stereocenters. The molecule has 0 amide bonds. The van der Waals surface area contributed by atoms with E-state index in [1.54, 1.807) is 0 Å². The standard InChI is InChI=1S/C9H19NO/c1-3-10-6-8(2)9-4-5-11-7-9/h8-10H,3-7H2,1-2H3. The van der Waals surface area contributed by atoms with E-state index in [1.807, 2.05) is 0 Å². The highest BCUT2D eigenvalue weighted by Crippen LogP contribution is 2.20.